The average molecular weight is 283 g/mol. The Labute approximate surface area is 101 Å². The summed E-state index contributed by atoms with van der Waals surface area (Å²) >= 11 is 0. The quantitative estimate of drug-likeness (QED) is 0.900. The van der Waals surface area contributed by atoms with Gasteiger partial charge < -0.3 is 4.74 Å². The van der Waals surface area contributed by atoms with Gasteiger partial charge in [-0.25, -0.2) is 13.1 Å². The number of methoxy groups -OCH3 is 1. The van der Waals surface area contributed by atoms with E-state index in [1.807, 2.05) is 0 Å². The fraction of sp³-hybridized carbons (Fsp3) is 0.222. The standard InChI is InChI=1S/C9H8F3NO4S/c1-17-6-2-4-7(5-3-6)18(15,16)13-8(14)9(10,11)12/h2-5H,1H3,(H,13,14). The van der Waals surface area contributed by atoms with Crippen LogP contribution in [0.1, 0.15) is 0 Å². The molecule has 0 fully saturated rings. The molecule has 1 aromatic carbocycles. The van der Waals surface area contributed by atoms with Crippen molar-refractivity contribution >= 4 is 15.9 Å². The Morgan fingerprint density at radius 3 is 2.11 bits per heavy atom. The number of ether oxygens (including phenoxy) is 1. The second-order valence-electron chi connectivity index (χ2n) is 3.11. The number of carbonyl (C=O) groups excluding carboxylic acids is 1. The molecule has 1 aromatic rings. The molecule has 0 atom stereocenters. The minimum atomic E-state index is -5.26. The van der Waals surface area contributed by atoms with Gasteiger partial charge in [-0.1, -0.05) is 0 Å². The summed E-state index contributed by atoms with van der Waals surface area (Å²) in [6.07, 6.45) is -5.26. The first kappa shape index (κ1) is 14.3. The van der Waals surface area contributed by atoms with E-state index in [1.165, 1.54) is 19.2 Å². The molecule has 18 heavy (non-hydrogen) atoms. The molecule has 0 aromatic heterocycles. The van der Waals surface area contributed by atoms with Gasteiger partial charge in [0.1, 0.15) is 5.75 Å². The molecule has 0 radical (unpaired) electrons. The molecule has 1 rings (SSSR count). The van der Waals surface area contributed by atoms with Crippen molar-refractivity contribution in [3.05, 3.63) is 24.3 Å². The lowest BCUT2D eigenvalue weighted by Gasteiger charge is -2.09. The molecule has 0 saturated heterocycles. The van der Waals surface area contributed by atoms with E-state index < -0.39 is 27.0 Å². The molecular weight excluding hydrogens is 275 g/mol. The molecule has 0 aliphatic heterocycles. The maximum Gasteiger partial charge on any atom is 0.472 e. The lowest BCUT2D eigenvalue weighted by atomic mass is 10.3. The van der Waals surface area contributed by atoms with Crippen LogP contribution in [0.15, 0.2) is 29.2 Å². The second kappa shape index (κ2) is 4.84. The lowest BCUT2D eigenvalue weighted by molar-refractivity contribution is -0.171. The fourth-order valence-electron chi connectivity index (χ4n) is 0.994. The molecule has 0 spiro atoms. The zero-order valence-electron chi connectivity index (χ0n) is 8.98. The molecule has 0 aliphatic rings. The van der Waals surface area contributed by atoms with E-state index >= 15 is 0 Å². The van der Waals surface area contributed by atoms with E-state index in [1.54, 1.807) is 0 Å². The zero-order chi connectivity index (χ0) is 14.0. The lowest BCUT2D eigenvalue weighted by Crippen LogP contribution is -2.40. The predicted octanol–water partition coefficient (Wildman–Crippen LogP) is 1.06. The van der Waals surface area contributed by atoms with Gasteiger partial charge in [0, 0.05) is 0 Å². The first-order chi connectivity index (χ1) is 8.16. The van der Waals surface area contributed by atoms with Crippen LogP contribution in [0, 0.1) is 0 Å². The maximum atomic E-state index is 11.9. The number of hydrogen-bond donors (Lipinski definition) is 1. The van der Waals surface area contributed by atoms with Crippen molar-refractivity contribution in [1.29, 1.82) is 0 Å². The van der Waals surface area contributed by atoms with Gasteiger partial charge in [-0.3, -0.25) is 4.79 Å². The number of nitrogens with one attached hydrogen (secondary N) is 1. The number of sulfonamides is 1. The van der Waals surface area contributed by atoms with E-state index in [-0.39, 0.29) is 0 Å². The Kier molecular flexibility index (Phi) is 3.85. The van der Waals surface area contributed by atoms with Crippen LogP contribution in [-0.2, 0) is 14.8 Å². The number of carbonyl (C=O) groups is 1. The zero-order valence-corrected chi connectivity index (χ0v) is 9.80. The Morgan fingerprint density at radius 1 is 1.22 bits per heavy atom. The van der Waals surface area contributed by atoms with Crippen LogP contribution in [0.5, 0.6) is 5.75 Å². The predicted molar refractivity (Wildman–Crippen MR) is 54.4 cm³/mol. The molecule has 0 unspecified atom stereocenters. The van der Waals surface area contributed by atoms with Crippen LogP contribution >= 0.6 is 0 Å². The van der Waals surface area contributed by atoms with Crippen molar-refractivity contribution in [1.82, 2.24) is 4.72 Å². The number of alkyl halides is 3. The first-order valence-electron chi connectivity index (χ1n) is 4.45. The van der Waals surface area contributed by atoms with Crippen molar-refractivity contribution in [2.24, 2.45) is 0 Å². The molecule has 1 N–H and O–H groups in total. The first-order valence-corrected chi connectivity index (χ1v) is 5.93. The van der Waals surface area contributed by atoms with E-state index in [0.29, 0.717) is 5.75 Å². The van der Waals surface area contributed by atoms with Crippen molar-refractivity contribution in [3.8, 4) is 5.75 Å². The van der Waals surface area contributed by atoms with Crippen molar-refractivity contribution < 1.29 is 31.1 Å². The van der Waals surface area contributed by atoms with E-state index in [0.717, 1.165) is 16.9 Å². The summed E-state index contributed by atoms with van der Waals surface area (Å²) in [6.45, 7) is 0. The van der Waals surface area contributed by atoms with Crippen LogP contribution in [-0.4, -0.2) is 27.6 Å². The minimum absolute atomic E-state index is 0.330. The van der Waals surface area contributed by atoms with Crippen molar-refractivity contribution in [2.45, 2.75) is 11.1 Å². The summed E-state index contributed by atoms with van der Waals surface area (Å²) in [7, 11) is -3.20. The van der Waals surface area contributed by atoms with Crippen LogP contribution in [0.3, 0.4) is 0 Å². The SMILES string of the molecule is COc1ccc(S(=O)(=O)NC(=O)C(F)(F)F)cc1. The number of halogens is 3. The normalized spacial score (nSPS) is 12.0. The molecule has 0 aliphatic carbocycles. The highest BCUT2D eigenvalue weighted by molar-refractivity contribution is 7.90. The third kappa shape index (κ3) is 3.36. The fourth-order valence-corrected chi connectivity index (χ4v) is 1.97. The van der Waals surface area contributed by atoms with E-state index in [4.69, 9.17) is 4.74 Å². The van der Waals surface area contributed by atoms with Gasteiger partial charge in [0.15, 0.2) is 0 Å². The minimum Gasteiger partial charge on any atom is -0.497 e. The van der Waals surface area contributed by atoms with Gasteiger partial charge in [0.2, 0.25) is 0 Å². The number of rotatable bonds is 3. The summed E-state index contributed by atoms with van der Waals surface area (Å²) in [4.78, 5) is 10.1. The third-order valence-electron chi connectivity index (χ3n) is 1.85. The highest BCUT2D eigenvalue weighted by Crippen LogP contribution is 2.18. The summed E-state index contributed by atoms with van der Waals surface area (Å²) in [6, 6.07) is 4.52. The second-order valence-corrected chi connectivity index (χ2v) is 4.79. The van der Waals surface area contributed by atoms with Crippen LogP contribution in [0.2, 0.25) is 0 Å². The van der Waals surface area contributed by atoms with Crippen molar-refractivity contribution in [3.63, 3.8) is 0 Å². The average Bonchev–Trinajstić information content (AvgIpc) is 2.27. The highest BCUT2D eigenvalue weighted by atomic mass is 32.2. The Bertz CT molecular complexity index is 536. The number of benzene rings is 1. The molecular formula is C9H8F3NO4S. The molecule has 0 heterocycles. The van der Waals surface area contributed by atoms with Gasteiger partial charge in [0.25, 0.3) is 10.0 Å². The summed E-state index contributed by atoms with van der Waals surface area (Å²) in [5.41, 5.74) is 0. The van der Waals surface area contributed by atoms with Gasteiger partial charge in [-0.2, -0.15) is 13.2 Å². The van der Waals surface area contributed by atoms with Gasteiger partial charge >= 0.3 is 12.1 Å². The summed E-state index contributed by atoms with van der Waals surface area (Å²) in [5, 5.41) is 0. The number of amides is 1. The molecule has 100 valence electrons. The third-order valence-corrected chi connectivity index (χ3v) is 3.20. The molecule has 0 saturated carbocycles. The van der Waals surface area contributed by atoms with Gasteiger partial charge in [-0.15, -0.1) is 0 Å². The highest BCUT2D eigenvalue weighted by Gasteiger charge is 2.41. The monoisotopic (exact) mass is 283 g/mol. The molecule has 5 nitrogen and oxygen atoms in total. The Balaban J connectivity index is 2.96. The maximum absolute atomic E-state index is 11.9. The Hall–Kier alpha value is -1.77. The van der Waals surface area contributed by atoms with Crippen molar-refractivity contribution in [2.75, 3.05) is 7.11 Å². The van der Waals surface area contributed by atoms with Gasteiger partial charge in [-0.05, 0) is 24.3 Å². The van der Waals surface area contributed by atoms with Crippen LogP contribution in [0.25, 0.3) is 0 Å². The molecule has 0 bridgehead atoms. The van der Waals surface area contributed by atoms with E-state index in [2.05, 4.69) is 0 Å². The summed E-state index contributed by atoms with van der Waals surface area (Å²) < 4.78 is 64.3. The van der Waals surface area contributed by atoms with E-state index in [9.17, 15) is 26.4 Å². The van der Waals surface area contributed by atoms with Crippen LogP contribution in [0.4, 0.5) is 13.2 Å². The largest absolute Gasteiger partial charge is 0.497 e. The smallest absolute Gasteiger partial charge is 0.472 e. The van der Waals surface area contributed by atoms with Crippen LogP contribution < -0.4 is 9.46 Å². The molecule has 1 amide bonds. The topological polar surface area (TPSA) is 72.5 Å². The van der Waals surface area contributed by atoms with Gasteiger partial charge in [0.05, 0.1) is 12.0 Å². The summed E-state index contributed by atoms with van der Waals surface area (Å²) in [5.74, 6) is -2.21. The molecule has 9 heteroatoms. The number of hydrogen-bond acceptors (Lipinski definition) is 4. The Morgan fingerprint density at radius 2 is 1.72 bits per heavy atom.